The van der Waals surface area contributed by atoms with Crippen molar-refractivity contribution in [2.24, 2.45) is 0 Å². The standard InChI is InChI=1S/C35H30ClF4NO5/c1-18-6-8-25(28-15-27(30(37)16-31(28)44-4)26-9-7-21(14-29(26)36)33(42)45-5)23(10-18)17-41-20(3)32(46-34(41)43)22-11-19(2)12-24(13-22)35(38,39)40/h6-16,20,32H,17H2,1-5H3/t20-,32-/m0/s1. The first-order chi connectivity index (χ1) is 21.7. The molecule has 0 aliphatic carbocycles. The van der Waals surface area contributed by atoms with Crippen LogP contribution in [0.2, 0.25) is 5.02 Å². The highest BCUT2D eigenvalue weighted by atomic mass is 35.5. The van der Waals surface area contributed by atoms with Crippen molar-refractivity contribution in [3.63, 3.8) is 0 Å². The molecule has 1 amide bonds. The number of nitrogens with zero attached hydrogens (tertiary/aromatic N) is 1. The van der Waals surface area contributed by atoms with E-state index in [1.54, 1.807) is 26.0 Å². The van der Waals surface area contributed by atoms with Crippen molar-refractivity contribution in [3.05, 3.63) is 111 Å². The van der Waals surface area contributed by atoms with Crippen molar-refractivity contribution >= 4 is 23.7 Å². The monoisotopic (exact) mass is 655 g/mol. The molecule has 46 heavy (non-hydrogen) atoms. The van der Waals surface area contributed by atoms with Crippen LogP contribution in [-0.2, 0) is 22.2 Å². The number of carbonyl (C=O) groups excluding carboxylic acids is 2. The topological polar surface area (TPSA) is 65.1 Å². The smallest absolute Gasteiger partial charge is 0.416 e. The summed E-state index contributed by atoms with van der Waals surface area (Å²) in [5, 5.41) is 0.131. The molecule has 5 rings (SSSR count). The van der Waals surface area contributed by atoms with Gasteiger partial charge in [0.2, 0.25) is 0 Å². The zero-order valence-corrected chi connectivity index (χ0v) is 26.3. The molecule has 0 aromatic heterocycles. The van der Waals surface area contributed by atoms with Gasteiger partial charge < -0.3 is 14.2 Å². The van der Waals surface area contributed by atoms with E-state index < -0.39 is 41.8 Å². The van der Waals surface area contributed by atoms with E-state index in [2.05, 4.69) is 0 Å². The minimum absolute atomic E-state index is 0.0515. The molecule has 0 N–H and O–H groups in total. The van der Waals surface area contributed by atoms with Gasteiger partial charge in [-0.15, -0.1) is 0 Å². The van der Waals surface area contributed by atoms with E-state index in [-0.39, 0.29) is 34.0 Å². The highest BCUT2D eigenvalue weighted by Crippen LogP contribution is 2.42. The van der Waals surface area contributed by atoms with Crippen molar-refractivity contribution in [2.75, 3.05) is 14.2 Å². The van der Waals surface area contributed by atoms with Crippen molar-refractivity contribution in [1.29, 1.82) is 0 Å². The number of esters is 1. The number of hydrogen-bond acceptors (Lipinski definition) is 5. The first kappa shape index (κ1) is 32.8. The Morgan fingerprint density at radius 1 is 0.913 bits per heavy atom. The van der Waals surface area contributed by atoms with E-state index in [4.69, 9.17) is 25.8 Å². The Morgan fingerprint density at radius 2 is 1.63 bits per heavy atom. The fourth-order valence-corrected chi connectivity index (χ4v) is 6.00. The summed E-state index contributed by atoms with van der Waals surface area (Å²) >= 11 is 6.49. The van der Waals surface area contributed by atoms with Crippen LogP contribution >= 0.6 is 11.6 Å². The zero-order chi connectivity index (χ0) is 33.5. The minimum atomic E-state index is -4.55. The van der Waals surface area contributed by atoms with Gasteiger partial charge >= 0.3 is 18.2 Å². The molecule has 0 bridgehead atoms. The van der Waals surface area contributed by atoms with Gasteiger partial charge in [0, 0.05) is 27.8 Å². The molecule has 240 valence electrons. The van der Waals surface area contributed by atoms with Gasteiger partial charge in [-0.2, -0.15) is 13.2 Å². The van der Waals surface area contributed by atoms with Crippen LogP contribution in [0.25, 0.3) is 22.3 Å². The van der Waals surface area contributed by atoms with Gasteiger partial charge in [0.05, 0.1) is 37.9 Å². The molecule has 0 unspecified atom stereocenters. The van der Waals surface area contributed by atoms with Gasteiger partial charge in [-0.3, -0.25) is 4.90 Å². The highest BCUT2D eigenvalue weighted by Gasteiger charge is 2.41. The van der Waals surface area contributed by atoms with E-state index in [1.165, 1.54) is 43.4 Å². The van der Waals surface area contributed by atoms with Crippen LogP contribution in [0.15, 0.2) is 66.7 Å². The Hall–Kier alpha value is -4.57. The van der Waals surface area contributed by atoms with Crippen LogP contribution in [0.4, 0.5) is 22.4 Å². The quantitative estimate of drug-likeness (QED) is 0.147. The van der Waals surface area contributed by atoms with Gasteiger partial charge in [0.15, 0.2) is 0 Å². The lowest BCUT2D eigenvalue weighted by molar-refractivity contribution is -0.137. The van der Waals surface area contributed by atoms with Crippen LogP contribution in [0.5, 0.6) is 5.75 Å². The summed E-state index contributed by atoms with van der Waals surface area (Å²) in [7, 11) is 2.65. The summed E-state index contributed by atoms with van der Waals surface area (Å²) in [5.74, 6) is -0.977. The molecular formula is C35H30ClF4NO5. The van der Waals surface area contributed by atoms with Gasteiger partial charge in [0.25, 0.3) is 0 Å². The average Bonchev–Trinajstić information content (AvgIpc) is 3.28. The second-order valence-electron chi connectivity index (χ2n) is 11.2. The summed E-state index contributed by atoms with van der Waals surface area (Å²) in [6.45, 7) is 5.21. The molecule has 0 saturated carbocycles. The normalized spacial score (nSPS) is 16.4. The summed E-state index contributed by atoms with van der Waals surface area (Å²) in [5.41, 5.74) is 3.21. The first-order valence-corrected chi connectivity index (χ1v) is 14.6. The lowest BCUT2D eigenvalue weighted by atomic mass is 9.92. The van der Waals surface area contributed by atoms with Crippen molar-refractivity contribution in [3.8, 4) is 28.0 Å². The molecular weight excluding hydrogens is 626 g/mol. The predicted octanol–water partition coefficient (Wildman–Crippen LogP) is 9.33. The molecule has 11 heteroatoms. The number of alkyl halides is 3. The number of methoxy groups -OCH3 is 2. The van der Waals surface area contributed by atoms with Crippen molar-refractivity contribution in [1.82, 2.24) is 4.90 Å². The molecule has 1 aliphatic heterocycles. The average molecular weight is 656 g/mol. The van der Waals surface area contributed by atoms with Gasteiger partial charge in [-0.25, -0.2) is 14.0 Å². The molecule has 1 saturated heterocycles. The largest absolute Gasteiger partial charge is 0.496 e. The zero-order valence-electron chi connectivity index (χ0n) is 25.6. The van der Waals surface area contributed by atoms with Gasteiger partial charge in [-0.05, 0) is 67.8 Å². The highest BCUT2D eigenvalue weighted by molar-refractivity contribution is 6.33. The lowest BCUT2D eigenvalue weighted by Crippen LogP contribution is -2.31. The summed E-state index contributed by atoms with van der Waals surface area (Å²) in [6.07, 6.45) is -6.16. The van der Waals surface area contributed by atoms with E-state index in [0.717, 1.165) is 17.7 Å². The fraction of sp³-hybridized carbons (Fsp3) is 0.257. The minimum Gasteiger partial charge on any atom is -0.496 e. The molecule has 1 aliphatic rings. The van der Waals surface area contributed by atoms with Crippen molar-refractivity contribution in [2.45, 2.75) is 45.6 Å². The number of ether oxygens (including phenoxy) is 3. The Morgan fingerprint density at radius 3 is 2.28 bits per heavy atom. The number of benzene rings is 4. The van der Waals surface area contributed by atoms with E-state index in [9.17, 15) is 22.8 Å². The maximum absolute atomic E-state index is 15.5. The Balaban J connectivity index is 1.54. The van der Waals surface area contributed by atoms with Crippen LogP contribution in [-0.4, -0.2) is 37.2 Å². The molecule has 1 fully saturated rings. The van der Waals surface area contributed by atoms with Crippen LogP contribution in [0, 0.1) is 19.7 Å². The third kappa shape index (κ3) is 6.39. The van der Waals surface area contributed by atoms with Gasteiger partial charge in [0.1, 0.15) is 17.7 Å². The molecule has 4 aromatic rings. The number of carbonyl (C=O) groups is 2. The Bertz CT molecular complexity index is 1840. The molecule has 6 nitrogen and oxygen atoms in total. The van der Waals surface area contributed by atoms with Crippen molar-refractivity contribution < 1.29 is 41.4 Å². The first-order valence-electron chi connectivity index (χ1n) is 14.2. The summed E-state index contributed by atoms with van der Waals surface area (Å²) in [6, 6.07) is 15.8. The van der Waals surface area contributed by atoms with Gasteiger partial charge in [-0.1, -0.05) is 53.1 Å². The maximum Gasteiger partial charge on any atom is 0.416 e. The second kappa shape index (κ2) is 12.7. The second-order valence-corrected chi connectivity index (χ2v) is 11.6. The van der Waals surface area contributed by atoms with Crippen LogP contribution in [0.1, 0.15) is 51.2 Å². The summed E-state index contributed by atoms with van der Waals surface area (Å²) < 4.78 is 72.1. The lowest BCUT2D eigenvalue weighted by Gasteiger charge is -2.24. The molecule has 2 atom stereocenters. The third-order valence-electron chi connectivity index (χ3n) is 8.01. The number of cyclic esters (lactones) is 1. The van der Waals surface area contributed by atoms with E-state index in [0.29, 0.717) is 27.8 Å². The van der Waals surface area contributed by atoms with E-state index in [1.807, 2.05) is 25.1 Å². The number of amides is 1. The number of rotatable bonds is 7. The van der Waals surface area contributed by atoms with Crippen LogP contribution in [0.3, 0.4) is 0 Å². The third-order valence-corrected chi connectivity index (χ3v) is 8.32. The fourth-order valence-electron chi connectivity index (χ4n) is 5.72. The Kier molecular flexibility index (Phi) is 9.04. The molecule has 1 heterocycles. The summed E-state index contributed by atoms with van der Waals surface area (Å²) in [4.78, 5) is 26.6. The number of halogens is 5. The predicted molar refractivity (Wildman–Crippen MR) is 165 cm³/mol. The van der Waals surface area contributed by atoms with E-state index >= 15 is 4.39 Å². The molecule has 4 aromatic carbocycles. The maximum atomic E-state index is 15.5. The SMILES string of the molecule is COC(=O)c1ccc(-c2cc(-c3ccc(C)cc3CN3C(=O)O[C@H](c4cc(C)cc(C(F)(F)F)c4)[C@@H]3C)c(OC)cc2F)c(Cl)c1. The number of aryl methyl sites for hydroxylation is 2. The molecule has 0 radical (unpaired) electrons. The molecule has 0 spiro atoms. The Labute approximate surface area is 268 Å². The number of hydrogen-bond donors (Lipinski definition) is 0. The van der Waals surface area contributed by atoms with Crippen LogP contribution < -0.4 is 4.74 Å².